The molecule has 212 valence electrons. The first-order valence-electron chi connectivity index (χ1n) is 13.9. The maximum absolute atomic E-state index is 13.6. The third kappa shape index (κ3) is 7.79. The molecule has 2 heterocycles. The van der Waals surface area contributed by atoms with Crippen molar-refractivity contribution < 1.29 is 9.59 Å². The molecule has 0 radical (unpaired) electrons. The molecule has 1 aliphatic rings. The van der Waals surface area contributed by atoms with Crippen LogP contribution in [0.4, 0.5) is 5.69 Å². The molecule has 0 saturated carbocycles. The van der Waals surface area contributed by atoms with Crippen molar-refractivity contribution in [3.8, 4) is 0 Å². The van der Waals surface area contributed by atoms with Crippen LogP contribution in [0.25, 0.3) is 0 Å². The fourth-order valence-corrected chi connectivity index (χ4v) is 5.50. The summed E-state index contributed by atoms with van der Waals surface area (Å²) in [6.07, 6.45) is 1.63. The third-order valence-electron chi connectivity index (χ3n) is 7.34. The van der Waals surface area contributed by atoms with Crippen LogP contribution in [-0.2, 0) is 29.2 Å². The van der Waals surface area contributed by atoms with Gasteiger partial charge < -0.3 is 9.80 Å². The topological polar surface area (TPSA) is 78.8 Å². The molecule has 0 spiro atoms. The Hall–Kier alpha value is -3.49. The Morgan fingerprint density at radius 2 is 1.75 bits per heavy atom. The van der Waals surface area contributed by atoms with E-state index in [-0.39, 0.29) is 17.5 Å². The van der Waals surface area contributed by atoms with E-state index in [1.807, 2.05) is 48.2 Å². The van der Waals surface area contributed by atoms with Crippen molar-refractivity contribution in [3.05, 3.63) is 92.6 Å². The molecular weight excluding hydrogens is 526 g/mol. The highest BCUT2D eigenvalue weighted by Crippen LogP contribution is 2.27. The average molecular weight is 564 g/mol. The lowest BCUT2D eigenvalue weighted by Gasteiger charge is -2.28. The predicted octanol–water partition coefficient (Wildman–Crippen LogP) is 4.58. The lowest BCUT2D eigenvalue weighted by molar-refractivity contribution is -0.132. The Kier molecular flexibility index (Phi) is 10.1. The van der Waals surface area contributed by atoms with Gasteiger partial charge in [-0.3, -0.25) is 19.1 Å². The van der Waals surface area contributed by atoms with E-state index in [1.54, 1.807) is 29.4 Å². The minimum absolute atomic E-state index is 0.00461. The SMILES string of the molecule is CC(=O)N1CCCN(Cc2ccccc2)CCN(C(=O)CCCn2c(C)cc(C)nc2=O)Cc2cc(Cl)ccc21. The number of aryl methyl sites for hydroxylation is 2. The molecule has 0 aliphatic carbocycles. The van der Waals surface area contributed by atoms with Crippen molar-refractivity contribution in [1.82, 2.24) is 19.4 Å². The fraction of sp³-hybridized carbons (Fsp3) is 0.419. The molecule has 9 heteroatoms. The average Bonchev–Trinajstić information content (AvgIpc) is 2.93. The minimum Gasteiger partial charge on any atom is -0.337 e. The summed E-state index contributed by atoms with van der Waals surface area (Å²) in [5, 5.41) is 0.567. The van der Waals surface area contributed by atoms with E-state index < -0.39 is 0 Å². The number of aromatic nitrogens is 2. The Balaban J connectivity index is 1.56. The summed E-state index contributed by atoms with van der Waals surface area (Å²) < 4.78 is 1.62. The predicted molar refractivity (Wildman–Crippen MR) is 158 cm³/mol. The van der Waals surface area contributed by atoms with Gasteiger partial charge in [-0.15, -0.1) is 0 Å². The molecule has 0 atom stereocenters. The highest BCUT2D eigenvalue weighted by molar-refractivity contribution is 6.30. The molecule has 2 amide bonds. The first-order valence-corrected chi connectivity index (χ1v) is 14.2. The minimum atomic E-state index is -0.287. The zero-order valence-corrected chi connectivity index (χ0v) is 24.4. The maximum atomic E-state index is 13.6. The van der Waals surface area contributed by atoms with Crippen molar-refractivity contribution in [3.63, 3.8) is 0 Å². The largest absolute Gasteiger partial charge is 0.347 e. The molecule has 0 unspecified atom stereocenters. The number of hydrogen-bond donors (Lipinski definition) is 0. The number of fused-ring (bicyclic) bond motifs is 1. The molecule has 2 aromatic carbocycles. The Morgan fingerprint density at radius 3 is 2.48 bits per heavy atom. The highest BCUT2D eigenvalue weighted by Gasteiger charge is 2.23. The molecular formula is C31H38ClN5O3. The van der Waals surface area contributed by atoms with Gasteiger partial charge in [0.15, 0.2) is 0 Å². The van der Waals surface area contributed by atoms with Crippen LogP contribution >= 0.6 is 11.6 Å². The maximum Gasteiger partial charge on any atom is 0.347 e. The van der Waals surface area contributed by atoms with E-state index >= 15 is 0 Å². The van der Waals surface area contributed by atoms with Gasteiger partial charge in [0, 0.05) is 81.3 Å². The zero-order valence-electron chi connectivity index (χ0n) is 23.6. The van der Waals surface area contributed by atoms with E-state index in [0.717, 1.165) is 36.5 Å². The monoisotopic (exact) mass is 563 g/mol. The fourth-order valence-electron chi connectivity index (χ4n) is 5.31. The smallest absolute Gasteiger partial charge is 0.337 e. The quantitative estimate of drug-likeness (QED) is 0.439. The third-order valence-corrected chi connectivity index (χ3v) is 7.57. The second-order valence-electron chi connectivity index (χ2n) is 10.5. The lowest BCUT2D eigenvalue weighted by Crippen LogP contribution is -2.38. The summed E-state index contributed by atoms with van der Waals surface area (Å²) in [5.74, 6) is -0.0344. The summed E-state index contributed by atoms with van der Waals surface area (Å²) in [6.45, 7) is 9.44. The van der Waals surface area contributed by atoms with E-state index in [4.69, 9.17) is 11.6 Å². The normalized spacial score (nSPS) is 14.9. The summed E-state index contributed by atoms with van der Waals surface area (Å²) in [7, 11) is 0. The van der Waals surface area contributed by atoms with Crippen LogP contribution in [0.1, 0.15) is 48.7 Å². The van der Waals surface area contributed by atoms with E-state index in [2.05, 4.69) is 22.0 Å². The molecule has 0 bridgehead atoms. The Morgan fingerprint density at radius 1 is 0.975 bits per heavy atom. The number of halogens is 1. The van der Waals surface area contributed by atoms with Crippen LogP contribution in [0.5, 0.6) is 0 Å². The Labute approximate surface area is 241 Å². The second-order valence-corrected chi connectivity index (χ2v) is 10.9. The van der Waals surface area contributed by atoms with Crippen LogP contribution in [0, 0.1) is 13.8 Å². The highest BCUT2D eigenvalue weighted by atomic mass is 35.5. The molecule has 4 rings (SSSR count). The summed E-state index contributed by atoms with van der Waals surface area (Å²) >= 11 is 6.38. The Bertz CT molecular complexity index is 1390. The van der Waals surface area contributed by atoms with Gasteiger partial charge in [0.05, 0.1) is 0 Å². The molecule has 1 aromatic heterocycles. The zero-order chi connectivity index (χ0) is 28.6. The molecule has 8 nitrogen and oxygen atoms in total. The van der Waals surface area contributed by atoms with E-state index in [9.17, 15) is 14.4 Å². The van der Waals surface area contributed by atoms with Crippen LogP contribution < -0.4 is 10.6 Å². The molecule has 0 fully saturated rings. The van der Waals surface area contributed by atoms with Crippen molar-refractivity contribution in [2.75, 3.05) is 31.1 Å². The number of carbonyl (C=O) groups is 2. The van der Waals surface area contributed by atoms with Crippen LogP contribution in [0.15, 0.2) is 59.4 Å². The number of rotatable bonds is 6. The summed E-state index contributed by atoms with van der Waals surface area (Å²) in [4.78, 5) is 48.7. The van der Waals surface area contributed by atoms with Gasteiger partial charge in [0.25, 0.3) is 0 Å². The van der Waals surface area contributed by atoms with E-state index in [1.165, 1.54) is 5.56 Å². The van der Waals surface area contributed by atoms with Crippen molar-refractivity contribution in [1.29, 1.82) is 0 Å². The van der Waals surface area contributed by atoms with Crippen molar-refractivity contribution >= 4 is 29.1 Å². The van der Waals surface area contributed by atoms with Gasteiger partial charge in [-0.25, -0.2) is 4.79 Å². The molecule has 3 aromatic rings. The van der Waals surface area contributed by atoms with Gasteiger partial charge in [-0.05, 0) is 62.1 Å². The standard InChI is InChI=1S/C31H38ClN5O3/c1-23-19-24(2)36(31(40)33-23)15-7-11-30(39)35-18-17-34(21-26-9-5-4-6-10-26)14-8-16-37(25(3)38)29-13-12-28(32)20-27(29)22-35/h4-6,9-10,12-13,19-20H,7-8,11,14-18,21-22H2,1-3H3. The van der Waals surface area contributed by atoms with Crippen LogP contribution in [0.2, 0.25) is 5.02 Å². The van der Waals surface area contributed by atoms with Crippen LogP contribution in [0.3, 0.4) is 0 Å². The molecule has 40 heavy (non-hydrogen) atoms. The van der Waals surface area contributed by atoms with Gasteiger partial charge in [0.2, 0.25) is 11.8 Å². The lowest BCUT2D eigenvalue weighted by atomic mass is 10.1. The second kappa shape index (κ2) is 13.7. The van der Waals surface area contributed by atoms with Crippen molar-refractivity contribution in [2.45, 2.75) is 59.7 Å². The number of carbonyl (C=O) groups excluding carboxylic acids is 2. The number of nitrogens with zero attached hydrogens (tertiary/aromatic N) is 5. The van der Waals surface area contributed by atoms with Gasteiger partial charge in [-0.1, -0.05) is 41.9 Å². The number of benzene rings is 2. The number of hydrogen-bond acceptors (Lipinski definition) is 5. The molecule has 0 saturated heterocycles. The molecule has 1 aliphatic heterocycles. The van der Waals surface area contributed by atoms with Gasteiger partial charge in [-0.2, -0.15) is 4.98 Å². The number of amides is 2. The summed E-state index contributed by atoms with van der Waals surface area (Å²) in [5.41, 5.74) is 4.09. The first kappa shape index (κ1) is 29.5. The summed E-state index contributed by atoms with van der Waals surface area (Å²) in [6, 6.07) is 17.7. The van der Waals surface area contributed by atoms with Gasteiger partial charge in [0.1, 0.15) is 0 Å². The molecule has 0 N–H and O–H groups in total. The van der Waals surface area contributed by atoms with Gasteiger partial charge >= 0.3 is 5.69 Å². The number of anilines is 1. The van der Waals surface area contributed by atoms with Crippen LogP contribution in [-0.4, -0.2) is 57.3 Å². The first-order chi connectivity index (χ1) is 19.2. The van der Waals surface area contributed by atoms with Crippen molar-refractivity contribution in [2.24, 2.45) is 0 Å². The van der Waals surface area contributed by atoms with E-state index in [0.29, 0.717) is 56.3 Å².